The molecular formula is C10H19N3O2. The molecule has 5 nitrogen and oxygen atoms in total. The maximum absolute atomic E-state index is 11.7. The number of nitrogens with two attached hydrogens (primary N) is 1. The summed E-state index contributed by atoms with van der Waals surface area (Å²) in [5, 5.41) is 2.33. The van der Waals surface area contributed by atoms with Gasteiger partial charge in [-0.3, -0.25) is 4.79 Å². The Morgan fingerprint density at radius 1 is 1.47 bits per heavy atom. The summed E-state index contributed by atoms with van der Waals surface area (Å²) in [5.41, 5.74) is 4.91. The molecule has 1 fully saturated rings. The van der Waals surface area contributed by atoms with Crippen LogP contribution in [0.4, 0.5) is 4.79 Å². The van der Waals surface area contributed by atoms with Crippen LogP contribution in [-0.4, -0.2) is 36.5 Å². The second kappa shape index (κ2) is 5.58. The molecule has 3 amide bonds. The zero-order valence-corrected chi connectivity index (χ0v) is 9.16. The third-order valence-electron chi connectivity index (χ3n) is 2.44. The minimum absolute atomic E-state index is 0.0159. The van der Waals surface area contributed by atoms with Crippen LogP contribution in [0.15, 0.2) is 0 Å². The number of nitrogens with zero attached hydrogens (tertiary/aromatic N) is 1. The van der Waals surface area contributed by atoms with Crippen molar-refractivity contribution in [1.29, 1.82) is 0 Å². The Labute approximate surface area is 90.0 Å². The van der Waals surface area contributed by atoms with E-state index in [9.17, 15) is 9.59 Å². The average Bonchev–Trinajstić information content (AvgIpc) is 2.97. The number of hydrogen-bond acceptors (Lipinski definition) is 2. The van der Waals surface area contributed by atoms with Gasteiger partial charge in [-0.05, 0) is 25.2 Å². The molecule has 1 aliphatic rings. The monoisotopic (exact) mass is 213 g/mol. The van der Waals surface area contributed by atoms with E-state index >= 15 is 0 Å². The molecule has 0 aromatic carbocycles. The fourth-order valence-corrected chi connectivity index (χ4v) is 1.47. The Morgan fingerprint density at radius 2 is 2.13 bits per heavy atom. The highest BCUT2D eigenvalue weighted by Gasteiger charge is 2.26. The molecule has 0 spiro atoms. The molecule has 5 heteroatoms. The van der Waals surface area contributed by atoms with Crippen molar-refractivity contribution in [2.24, 2.45) is 11.7 Å². The first-order valence-electron chi connectivity index (χ1n) is 5.44. The summed E-state index contributed by atoms with van der Waals surface area (Å²) in [6, 6.07) is -0.647. The fourth-order valence-electron chi connectivity index (χ4n) is 1.47. The third kappa shape index (κ3) is 4.67. The van der Waals surface area contributed by atoms with Crippen molar-refractivity contribution in [3.8, 4) is 0 Å². The molecule has 86 valence electrons. The summed E-state index contributed by atoms with van der Waals surface area (Å²) in [6.45, 7) is 3.64. The normalized spacial score (nSPS) is 14.7. The van der Waals surface area contributed by atoms with Crippen LogP contribution in [0.2, 0.25) is 0 Å². The summed E-state index contributed by atoms with van der Waals surface area (Å²) < 4.78 is 0. The van der Waals surface area contributed by atoms with Gasteiger partial charge in [0.25, 0.3) is 0 Å². The molecule has 1 aliphatic carbocycles. The van der Waals surface area contributed by atoms with Crippen LogP contribution in [0, 0.1) is 5.92 Å². The van der Waals surface area contributed by atoms with Crippen molar-refractivity contribution in [3.05, 3.63) is 0 Å². The first kappa shape index (κ1) is 11.8. The standard InChI is InChI=1S/C10H19N3O2/c1-2-5-13(7-8-3-4-8)9(14)6-12-10(11)15/h8H,2-7H2,1H3,(H3,11,12,15). The molecule has 1 rings (SSSR count). The van der Waals surface area contributed by atoms with Crippen molar-refractivity contribution in [2.75, 3.05) is 19.6 Å². The lowest BCUT2D eigenvalue weighted by Crippen LogP contribution is -2.43. The van der Waals surface area contributed by atoms with Crippen LogP contribution in [0.5, 0.6) is 0 Å². The van der Waals surface area contributed by atoms with Gasteiger partial charge >= 0.3 is 6.03 Å². The minimum Gasteiger partial charge on any atom is -0.352 e. The second-order valence-electron chi connectivity index (χ2n) is 4.00. The molecule has 3 N–H and O–H groups in total. The van der Waals surface area contributed by atoms with Gasteiger partial charge < -0.3 is 16.0 Å². The topological polar surface area (TPSA) is 75.4 Å². The first-order valence-corrected chi connectivity index (χ1v) is 5.44. The van der Waals surface area contributed by atoms with E-state index in [4.69, 9.17) is 5.73 Å². The number of primary amides is 1. The summed E-state index contributed by atoms with van der Waals surface area (Å²) in [7, 11) is 0. The molecule has 0 aliphatic heterocycles. The summed E-state index contributed by atoms with van der Waals surface area (Å²) in [4.78, 5) is 23.9. The molecule has 15 heavy (non-hydrogen) atoms. The van der Waals surface area contributed by atoms with E-state index in [1.54, 1.807) is 0 Å². The highest BCUT2D eigenvalue weighted by molar-refractivity contribution is 5.83. The lowest BCUT2D eigenvalue weighted by atomic mass is 10.3. The third-order valence-corrected chi connectivity index (χ3v) is 2.44. The molecule has 1 saturated carbocycles. The molecule has 0 saturated heterocycles. The smallest absolute Gasteiger partial charge is 0.312 e. The number of rotatable bonds is 6. The van der Waals surface area contributed by atoms with Crippen LogP contribution >= 0.6 is 0 Å². The van der Waals surface area contributed by atoms with Crippen molar-refractivity contribution in [3.63, 3.8) is 0 Å². The lowest BCUT2D eigenvalue weighted by molar-refractivity contribution is -0.130. The minimum atomic E-state index is -0.647. The van der Waals surface area contributed by atoms with Gasteiger partial charge in [0.2, 0.25) is 5.91 Å². The Morgan fingerprint density at radius 3 is 2.60 bits per heavy atom. The predicted molar refractivity (Wildman–Crippen MR) is 57.2 cm³/mol. The second-order valence-corrected chi connectivity index (χ2v) is 4.00. The van der Waals surface area contributed by atoms with Crippen LogP contribution in [0.1, 0.15) is 26.2 Å². The van der Waals surface area contributed by atoms with Crippen molar-refractivity contribution in [2.45, 2.75) is 26.2 Å². The molecule has 0 aromatic heterocycles. The van der Waals surface area contributed by atoms with E-state index in [1.807, 2.05) is 11.8 Å². The average molecular weight is 213 g/mol. The van der Waals surface area contributed by atoms with Crippen LogP contribution in [0.3, 0.4) is 0 Å². The Bertz CT molecular complexity index is 239. The number of carbonyl (C=O) groups is 2. The highest BCUT2D eigenvalue weighted by atomic mass is 16.2. The summed E-state index contributed by atoms with van der Waals surface area (Å²) in [5.74, 6) is 0.636. The number of hydrogen-bond donors (Lipinski definition) is 2. The molecular weight excluding hydrogens is 194 g/mol. The number of urea groups is 1. The quantitative estimate of drug-likeness (QED) is 0.666. The molecule has 0 bridgehead atoms. The Hall–Kier alpha value is -1.26. The summed E-state index contributed by atoms with van der Waals surface area (Å²) in [6.07, 6.45) is 3.38. The molecule has 0 unspecified atom stereocenters. The highest BCUT2D eigenvalue weighted by Crippen LogP contribution is 2.29. The largest absolute Gasteiger partial charge is 0.352 e. The zero-order valence-electron chi connectivity index (χ0n) is 9.16. The van der Waals surface area contributed by atoms with E-state index in [2.05, 4.69) is 5.32 Å². The number of amides is 3. The van der Waals surface area contributed by atoms with Crippen molar-refractivity contribution in [1.82, 2.24) is 10.2 Å². The lowest BCUT2D eigenvalue weighted by Gasteiger charge is -2.21. The molecule has 0 aromatic rings. The van der Waals surface area contributed by atoms with E-state index < -0.39 is 6.03 Å². The maximum atomic E-state index is 11.7. The van der Waals surface area contributed by atoms with Crippen LogP contribution in [-0.2, 0) is 4.79 Å². The number of carbonyl (C=O) groups excluding carboxylic acids is 2. The molecule has 0 radical (unpaired) electrons. The Kier molecular flexibility index (Phi) is 4.39. The van der Waals surface area contributed by atoms with Gasteiger partial charge in [0, 0.05) is 13.1 Å². The zero-order chi connectivity index (χ0) is 11.3. The van der Waals surface area contributed by atoms with Gasteiger partial charge in [-0.2, -0.15) is 0 Å². The predicted octanol–water partition coefficient (Wildman–Crippen LogP) is 0.303. The van der Waals surface area contributed by atoms with Crippen molar-refractivity contribution >= 4 is 11.9 Å². The van der Waals surface area contributed by atoms with E-state index in [0.717, 1.165) is 19.5 Å². The molecule has 0 atom stereocenters. The van der Waals surface area contributed by atoms with Gasteiger partial charge in [0.1, 0.15) is 0 Å². The fraction of sp³-hybridized carbons (Fsp3) is 0.800. The van der Waals surface area contributed by atoms with Crippen LogP contribution in [0.25, 0.3) is 0 Å². The van der Waals surface area contributed by atoms with Gasteiger partial charge in [-0.1, -0.05) is 6.92 Å². The van der Waals surface area contributed by atoms with E-state index in [1.165, 1.54) is 12.8 Å². The van der Waals surface area contributed by atoms with Crippen LogP contribution < -0.4 is 11.1 Å². The molecule has 0 heterocycles. The van der Waals surface area contributed by atoms with Gasteiger partial charge in [-0.25, -0.2) is 4.79 Å². The van der Waals surface area contributed by atoms with E-state index in [0.29, 0.717) is 5.92 Å². The summed E-state index contributed by atoms with van der Waals surface area (Å²) >= 11 is 0. The van der Waals surface area contributed by atoms with Gasteiger partial charge in [0.15, 0.2) is 0 Å². The van der Waals surface area contributed by atoms with Crippen molar-refractivity contribution < 1.29 is 9.59 Å². The number of nitrogens with one attached hydrogen (secondary N) is 1. The maximum Gasteiger partial charge on any atom is 0.312 e. The van der Waals surface area contributed by atoms with E-state index in [-0.39, 0.29) is 12.5 Å². The van der Waals surface area contributed by atoms with Gasteiger partial charge in [-0.15, -0.1) is 0 Å². The SMILES string of the molecule is CCCN(CC1CC1)C(=O)CNC(N)=O. The Balaban J connectivity index is 2.31. The van der Waals surface area contributed by atoms with Gasteiger partial charge in [0.05, 0.1) is 6.54 Å². The first-order chi connectivity index (χ1) is 7.13.